The van der Waals surface area contributed by atoms with Gasteiger partial charge in [0.05, 0.1) is 18.8 Å². The number of pyridine rings is 1. The third-order valence-corrected chi connectivity index (χ3v) is 5.56. The summed E-state index contributed by atoms with van der Waals surface area (Å²) in [6, 6.07) is 6.14. The van der Waals surface area contributed by atoms with Gasteiger partial charge in [0.2, 0.25) is 5.91 Å². The van der Waals surface area contributed by atoms with Gasteiger partial charge in [-0.2, -0.15) is 0 Å². The lowest BCUT2D eigenvalue weighted by Crippen LogP contribution is -2.38. The van der Waals surface area contributed by atoms with Gasteiger partial charge >= 0.3 is 6.09 Å². The molecule has 9 nitrogen and oxygen atoms in total. The third-order valence-electron chi connectivity index (χ3n) is 5.56. The number of hydrazine groups is 1. The normalized spacial score (nSPS) is 19.4. The molecule has 11 heteroatoms. The number of amides is 2. The molecule has 2 fully saturated rings. The van der Waals surface area contributed by atoms with Crippen molar-refractivity contribution in [3.63, 3.8) is 0 Å². The first-order valence-corrected chi connectivity index (χ1v) is 10.7. The number of ether oxygens (including phenoxy) is 1. The van der Waals surface area contributed by atoms with Crippen molar-refractivity contribution in [2.75, 3.05) is 49.1 Å². The number of nitrogens with zero attached hydrogens (tertiary/aromatic N) is 4. The standard InChI is InChI=1S/C22H26F2N6O3/c1-15(31)26-12-18-14-30(22(32)33-18)17-10-19(23)21(20(24)11-17)28-7-6-27-29(9-8-28)13-16-2-4-25-5-3-16/h2-5,10-11,18,27H,6-9,12-14H2,1H3,(H,26,31)/t18-/m0/s1. The van der Waals surface area contributed by atoms with Crippen molar-refractivity contribution in [3.05, 3.63) is 53.9 Å². The smallest absolute Gasteiger partial charge is 0.414 e. The van der Waals surface area contributed by atoms with Crippen LogP contribution in [0.4, 0.5) is 25.0 Å². The lowest BCUT2D eigenvalue weighted by Gasteiger charge is -2.25. The van der Waals surface area contributed by atoms with E-state index in [0.29, 0.717) is 32.7 Å². The first-order valence-electron chi connectivity index (χ1n) is 10.7. The Morgan fingerprint density at radius 3 is 2.64 bits per heavy atom. The fourth-order valence-electron chi connectivity index (χ4n) is 3.95. The van der Waals surface area contributed by atoms with Gasteiger partial charge in [-0.25, -0.2) is 18.6 Å². The Hall–Kier alpha value is -3.31. The highest BCUT2D eigenvalue weighted by atomic mass is 19.1. The van der Waals surface area contributed by atoms with Gasteiger partial charge in [-0.3, -0.25) is 20.1 Å². The molecule has 1 aromatic carbocycles. The molecule has 176 valence electrons. The Morgan fingerprint density at radius 1 is 1.21 bits per heavy atom. The molecule has 0 unspecified atom stereocenters. The van der Waals surface area contributed by atoms with E-state index in [1.165, 1.54) is 11.8 Å². The van der Waals surface area contributed by atoms with Crippen LogP contribution in [0, 0.1) is 11.6 Å². The first kappa shape index (κ1) is 22.9. The Morgan fingerprint density at radius 2 is 1.94 bits per heavy atom. The topological polar surface area (TPSA) is 90.0 Å². The Bertz CT molecular complexity index is 986. The highest BCUT2D eigenvalue weighted by Crippen LogP contribution is 2.31. The molecule has 0 aliphatic carbocycles. The second-order valence-electron chi connectivity index (χ2n) is 7.98. The largest absolute Gasteiger partial charge is 0.442 e. The summed E-state index contributed by atoms with van der Waals surface area (Å²) in [5.74, 6) is -1.74. The van der Waals surface area contributed by atoms with Crippen LogP contribution >= 0.6 is 0 Å². The molecule has 3 heterocycles. The number of nitrogens with one attached hydrogen (secondary N) is 2. The zero-order valence-corrected chi connectivity index (χ0v) is 18.3. The van der Waals surface area contributed by atoms with Crippen LogP contribution < -0.4 is 20.5 Å². The summed E-state index contributed by atoms with van der Waals surface area (Å²) in [6.45, 7) is 4.17. The predicted octanol–water partition coefficient (Wildman–Crippen LogP) is 1.65. The maximum atomic E-state index is 15.0. The molecule has 1 aromatic heterocycles. The van der Waals surface area contributed by atoms with Crippen molar-refractivity contribution >= 4 is 23.4 Å². The minimum absolute atomic E-state index is 0.0799. The van der Waals surface area contributed by atoms with E-state index in [0.717, 1.165) is 17.7 Å². The monoisotopic (exact) mass is 460 g/mol. The van der Waals surface area contributed by atoms with Gasteiger partial charge in [0, 0.05) is 64.2 Å². The molecular formula is C22H26F2N6O3. The number of rotatable bonds is 6. The van der Waals surface area contributed by atoms with E-state index >= 15 is 8.78 Å². The number of benzene rings is 1. The zero-order chi connectivity index (χ0) is 23.4. The van der Waals surface area contributed by atoms with Gasteiger partial charge in [0.15, 0.2) is 11.6 Å². The predicted molar refractivity (Wildman–Crippen MR) is 118 cm³/mol. The van der Waals surface area contributed by atoms with E-state index in [-0.39, 0.29) is 30.4 Å². The van der Waals surface area contributed by atoms with Crippen LogP contribution in [0.3, 0.4) is 0 Å². The summed E-state index contributed by atoms with van der Waals surface area (Å²) in [5.41, 5.74) is 4.33. The average molecular weight is 460 g/mol. The fourth-order valence-corrected chi connectivity index (χ4v) is 3.95. The second kappa shape index (κ2) is 10.1. The summed E-state index contributed by atoms with van der Waals surface area (Å²) >= 11 is 0. The molecule has 2 saturated heterocycles. The van der Waals surface area contributed by atoms with Crippen LogP contribution in [0.5, 0.6) is 0 Å². The molecule has 0 saturated carbocycles. The number of hydrogen-bond donors (Lipinski definition) is 2. The molecule has 2 aliphatic rings. The maximum absolute atomic E-state index is 15.0. The Labute approximate surface area is 190 Å². The molecule has 0 radical (unpaired) electrons. The number of carbonyl (C=O) groups is 2. The minimum atomic E-state index is -0.745. The van der Waals surface area contributed by atoms with Crippen molar-refractivity contribution in [1.29, 1.82) is 0 Å². The number of hydrogen-bond acceptors (Lipinski definition) is 7. The molecule has 2 N–H and O–H groups in total. The van der Waals surface area contributed by atoms with Crippen LogP contribution in [0.2, 0.25) is 0 Å². The average Bonchev–Trinajstić information content (AvgIpc) is 3.01. The van der Waals surface area contributed by atoms with Crippen LogP contribution in [0.15, 0.2) is 36.7 Å². The Kier molecular flexibility index (Phi) is 6.99. The van der Waals surface area contributed by atoms with E-state index in [2.05, 4.69) is 15.7 Å². The van der Waals surface area contributed by atoms with Gasteiger partial charge < -0.3 is 15.0 Å². The molecule has 33 heavy (non-hydrogen) atoms. The van der Waals surface area contributed by atoms with E-state index in [9.17, 15) is 9.59 Å². The van der Waals surface area contributed by atoms with Gasteiger partial charge in [-0.05, 0) is 17.7 Å². The molecule has 4 rings (SSSR count). The molecule has 1 atom stereocenters. The van der Waals surface area contributed by atoms with E-state index in [1.54, 1.807) is 17.3 Å². The highest BCUT2D eigenvalue weighted by Gasteiger charge is 2.34. The minimum Gasteiger partial charge on any atom is -0.442 e. The van der Waals surface area contributed by atoms with Gasteiger partial charge in [-0.1, -0.05) is 0 Å². The van der Waals surface area contributed by atoms with Gasteiger partial charge in [0.1, 0.15) is 11.8 Å². The molecule has 0 bridgehead atoms. The summed E-state index contributed by atoms with van der Waals surface area (Å²) in [7, 11) is 0. The lowest BCUT2D eigenvalue weighted by molar-refractivity contribution is -0.119. The number of aromatic nitrogens is 1. The van der Waals surface area contributed by atoms with E-state index in [1.807, 2.05) is 17.1 Å². The van der Waals surface area contributed by atoms with Gasteiger partial charge in [-0.15, -0.1) is 0 Å². The Balaban J connectivity index is 1.43. The summed E-state index contributed by atoms with van der Waals surface area (Å²) < 4.78 is 35.3. The van der Waals surface area contributed by atoms with E-state index in [4.69, 9.17) is 4.74 Å². The summed E-state index contributed by atoms with van der Waals surface area (Å²) in [4.78, 5) is 30.1. The zero-order valence-electron chi connectivity index (χ0n) is 18.3. The second-order valence-corrected chi connectivity index (χ2v) is 7.98. The first-order chi connectivity index (χ1) is 15.9. The number of carbonyl (C=O) groups excluding carboxylic acids is 2. The number of halogens is 2. The lowest BCUT2D eigenvalue weighted by atomic mass is 10.2. The van der Waals surface area contributed by atoms with Crippen molar-refractivity contribution in [2.45, 2.75) is 19.6 Å². The summed E-state index contributed by atoms with van der Waals surface area (Å²) in [5, 5.41) is 4.58. The van der Waals surface area contributed by atoms with Crippen molar-refractivity contribution in [3.8, 4) is 0 Å². The maximum Gasteiger partial charge on any atom is 0.414 e. The highest BCUT2D eigenvalue weighted by molar-refractivity contribution is 5.90. The van der Waals surface area contributed by atoms with Crippen LogP contribution in [0.25, 0.3) is 0 Å². The third kappa shape index (κ3) is 5.55. The molecule has 2 aliphatic heterocycles. The van der Waals surface area contributed by atoms with Gasteiger partial charge in [0.25, 0.3) is 0 Å². The van der Waals surface area contributed by atoms with Crippen LogP contribution in [-0.4, -0.2) is 67.4 Å². The quantitative estimate of drug-likeness (QED) is 0.678. The van der Waals surface area contributed by atoms with Crippen molar-refractivity contribution in [2.24, 2.45) is 0 Å². The molecule has 0 spiro atoms. The molecule has 2 amide bonds. The fraction of sp³-hybridized carbons (Fsp3) is 0.409. The van der Waals surface area contributed by atoms with Crippen LogP contribution in [-0.2, 0) is 16.1 Å². The molecule has 2 aromatic rings. The van der Waals surface area contributed by atoms with Crippen molar-refractivity contribution in [1.82, 2.24) is 20.7 Å². The summed E-state index contributed by atoms with van der Waals surface area (Å²) in [6.07, 6.45) is 2.16. The van der Waals surface area contributed by atoms with E-state index < -0.39 is 23.8 Å². The van der Waals surface area contributed by atoms with Crippen LogP contribution in [0.1, 0.15) is 12.5 Å². The number of anilines is 2. The van der Waals surface area contributed by atoms with Crippen molar-refractivity contribution < 1.29 is 23.1 Å². The molecular weight excluding hydrogens is 434 g/mol. The SMILES string of the molecule is CC(=O)NC[C@H]1CN(c2cc(F)c(N3CCNN(Cc4ccncc4)CC3)c(F)c2)C(=O)O1. The number of cyclic esters (lactones) is 1.